The van der Waals surface area contributed by atoms with Crippen LogP contribution in [0.5, 0.6) is 0 Å². The highest BCUT2D eigenvalue weighted by Crippen LogP contribution is 2.12. The summed E-state index contributed by atoms with van der Waals surface area (Å²) in [5, 5.41) is 8.62. The van der Waals surface area contributed by atoms with Crippen LogP contribution in [0.4, 0.5) is 0 Å². The molecule has 0 aliphatic carbocycles. The van der Waals surface area contributed by atoms with Gasteiger partial charge in [-0.1, -0.05) is 81.6 Å². The molecule has 2 nitrogen and oxygen atoms in total. The fraction of sp³-hybridized carbons (Fsp3) is 0.591. The molecule has 0 rings (SSSR count). The van der Waals surface area contributed by atoms with E-state index in [0.717, 1.165) is 25.6 Å². The molecule has 1 atom stereocenters. The number of carbonyl (C=O) groups is 1. The SMILES string of the molecule is CC[B]C(/C=C\C/C=C\C/C=C\CCCCC)/C=C\CCCC(=O)O. The Balaban J connectivity index is 3.92. The smallest absolute Gasteiger partial charge is 0.303 e. The van der Waals surface area contributed by atoms with Gasteiger partial charge in [0.2, 0.25) is 0 Å². The first kappa shape index (κ1) is 23.5. The molecule has 0 aromatic rings. The van der Waals surface area contributed by atoms with Gasteiger partial charge in [0.1, 0.15) is 7.28 Å². The maximum absolute atomic E-state index is 10.5. The van der Waals surface area contributed by atoms with Crippen molar-refractivity contribution in [3.05, 3.63) is 48.6 Å². The van der Waals surface area contributed by atoms with E-state index in [1.165, 1.54) is 25.7 Å². The molecule has 0 aromatic carbocycles. The molecule has 0 amide bonds. The Hall–Kier alpha value is -1.51. The van der Waals surface area contributed by atoms with Gasteiger partial charge in [-0.3, -0.25) is 4.79 Å². The zero-order chi connectivity index (χ0) is 18.6. The first-order valence-corrected chi connectivity index (χ1v) is 9.89. The van der Waals surface area contributed by atoms with Gasteiger partial charge in [-0.05, 0) is 44.3 Å². The highest BCUT2D eigenvalue weighted by Gasteiger charge is 1.99. The van der Waals surface area contributed by atoms with Crippen LogP contribution in [0.2, 0.25) is 12.1 Å². The van der Waals surface area contributed by atoms with E-state index < -0.39 is 5.97 Å². The monoisotopic (exact) mass is 343 g/mol. The molecule has 139 valence electrons. The fourth-order valence-corrected chi connectivity index (χ4v) is 2.43. The van der Waals surface area contributed by atoms with Gasteiger partial charge in [0.25, 0.3) is 0 Å². The summed E-state index contributed by atoms with van der Waals surface area (Å²) in [4.78, 5) is 10.5. The van der Waals surface area contributed by atoms with E-state index in [9.17, 15) is 4.79 Å². The van der Waals surface area contributed by atoms with Crippen molar-refractivity contribution in [2.24, 2.45) is 0 Å². The summed E-state index contributed by atoms with van der Waals surface area (Å²) in [6.45, 7) is 4.38. The van der Waals surface area contributed by atoms with Crippen LogP contribution in [0.3, 0.4) is 0 Å². The third-order valence-electron chi connectivity index (χ3n) is 3.84. The van der Waals surface area contributed by atoms with E-state index in [-0.39, 0.29) is 6.42 Å². The molecule has 0 heterocycles. The summed E-state index contributed by atoms with van der Waals surface area (Å²) >= 11 is 0. The summed E-state index contributed by atoms with van der Waals surface area (Å²) in [7, 11) is 2.27. The van der Waals surface area contributed by atoms with Crippen LogP contribution >= 0.6 is 0 Å². The molecule has 1 radical (unpaired) electrons. The lowest BCUT2D eigenvalue weighted by Crippen LogP contribution is -1.96. The van der Waals surface area contributed by atoms with Crippen molar-refractivity contribution in [2.45, 2.75) is 83.8 Å². The molecule has 0 saturated heterocycles. The van der Waals surface area contributed by atoms with Gasteiger partial charge in [0.05, 0.1) is 0 Å². The summed E-state index contributed by atoms with van der Waals surface area (Å²) in [5.74, 6) is -0.366. The summed E-state index contributed by atoms with van der Waals surface area (Å²) in [5.41, 5.74) is 0. The Morgan fingerprint density at radius 2 is 1.52 bits per heavy atom. The lowest BCUT2D eigenvalue weighted by Gasteiger charge is -2.03. The van der Waals surface area contributed by atoms with E-state index in [2.05, 4.69) is 69.7 Å². The number of aliphatic carboxylic acids is 1. The molecular weight excluding hydrogens is 307 g/mol. The molecular formula is C22H36BO2. The minimum absolute atomic E-state index is 0.250. The number of rotatable bonds is 16. The fourth-order valence-electron chi connectivity index (χ4n) is 2.43. The van der Waals surface area contributed by atoms with Crippen molar-refractivity contribution < 1.29 is 9.90 Å². The first-order chi connectivity index (χ1) is 12.2. The van der Waals surface area contributed by atoms with Crippen molar-refractivity contribution in [1.82, 2.24) is 0 Å². The number of hydrogen-bond acceptors (Lipinski definition) is 1. The standard InChI is InChI=1S/C22H36BO2/c1-3-5-6-7-8-9-10-11-12-13-15-18-21(23-4-2)19-16-14-17-20-22(24)25/h8-9,11-12,15-16,18-19,21H,3-7,10,13-14,17,20H2,1-2H3,(H,24,25)/b9-8-,12-11-,18-15-,19-16-. The zero-order valence-corrected chi connectivity index (χ0v) is 16.2. The predicted molar refractivity (Wildman–Crippen MR) is 111 cm³/mol. The van der Waals surface area contributed by atoms with Crippen LogP contribution in [0, 0.1) is 0 Å². The van der Waals surface area contributed by atoms with Crippen LogP contribution in [-0.4, -0.2) is 18.4 Å². The van der Waals surface area contributed by atoms with Gasteiger partial charge in [-0.25, -0.2) is 0 Å². The van der Waals surface area contributed by atoms with Crippen LogP contribution < -0.4 is 0 Å². The molecule has 3 heteroatoms. The van der Waals surface area contributed by atoms with Gasteiger partial charge >= 0.3 is 5.97 Å². The molecule has 25 heavy (non-hydrogen) atoms. The Morgan fingerprint density at radius 3 is 2.20 bits per heavy atom. The van der Waals surface area contributed by atoms with Crippen LogP contribution in [-0.2, 0) is 4.79 Å². The average Bonchev–Trinajstić information content (AvgIpc) is 2.59. The van der Waals surface area contributed by atoms with Crippen molar-refractivity contribution in [3.8, 4) is 0 Å². The number of hydrogen-bond donors (Lipinski definition) is 1. The Morgan fingerprint density at radius 1 is 0.880 bits per heavy atom. The largest absolute Gasteiger partial charge is 0.481 e. The number of carboxylic acids is 1. The minimum atomic E-state index is -0.715. The zero-order valence-electron chi connectivity index (χ0n) is 16.2. The summed E-state index contributed by atoms with van der Waals surface area (Å²) in [6, 6.07) is 0. The second-order valence-corrected chi connectivity index (χ2v) is 6.27. The van der Waals surface area contributed by atoms with Gasteiger partial charge < -0.3 is 5.11 Å². The van der Waals surface area contributed by atoms with Crippen LogP contribution in [0.25, 0.3) is 0 Å². The van der Waals surface area contributed by atoms with Crippen LogP contribution in [0.15, 0.2) is 48.6 Å². The molecule has 0 fully saturated rings. The average molecular weight is 343 g/mol. The van der Waals surface area contributed by atoms with Gasteiger partial charge in [-0.2, -0.15) is 0 Å². The molecule has 1 N–H and O–H groups in total. The molecule has 0 aliphatic heterocycles. The van der Waals surface area contributed by atoms with Crippen molar-refractivity contribution in [3.63, 3.8) is 0 Å². The molecule has 0 bridgehead atoms. The third-order valence-corrected chi connectivity index (χ3v) is 3.84. The summed E-state index contributed by atoms with van der Waals surface area (Å²) < 4.78 is 0. The summed E-state index contributed by atoms with van der Waals surface area (Å²) in [6.07, 6.45) is 27.6. The van der Waals surface area contributed by atoms with Crippen molar-refractivity contribution in [1.29, 1.82) is 0 Å². The molecule has 0 aliphatic rings. The quantitative estimate of drug-likeness (QED) is 0.191. The first-order valence-electron chi connectivity index (χ1n) is 9.89. The van der Waals surface area contributed by atoms with E-state index in [0.29, 0.717) is 12.2 Å². The lowest BCUT2D eigenvalue weighted by atomic mass is 9.62. The molecule has 1 unspecified atom stereocenters. The predicted octanol–water partition coefficient (Wildman–Crippen LogP) is 6.76. The Labute approximate surface area is 156 Å². The highest BCUT2D eigenvalue weighted by atomic mass is 16.4. The highest BCUT2D eigenvalue weighted by molar-refractivity contribution is 6.39. The van der Waals surface area contributed by atoms with E-state index >= 15 is 0 Å². The van der Waals surface area contributed by atoms with E-state index in [4.69, 9.17) is 5.11 Å². The van der Waals surface area contributed by atoms with Gasteiger partial charge in [0, 0.05) is 6.42 Å². The second-order valence-electron chi connectivity index (χ2n) is 6.27. The second kappa shape index (κ2) is 18.8. The minimum Gasteiger partial charge on any atom is -0.481 e. The maximum atomic E-state index is 10.5. The van der Waals surface area contributed by atoms with E-state index in [1.54, 1.807) is 0 Å². The third kappa shape index (κ3) is 18.7. The Bertz CT molecular complexity index is 422. The van der Waals surface area contributed by atoms with Crippen molar-refractivity contribution >= 4 is 13.2 Å². The Kier molecular flexibility index (Phi) is 17.7. The van der Waals surface area contributed by atoms with E-state index in [1.807, 2.05) is 0 Å². The normalized spacial score (nSPS) is 13.5. The van der Waals surface area contributed by atoms with Gasteiger partial charge in [0.15, 0.2) is 0 Å². The molecule has 0 aromatic heterocycles. The van der Waals surface area contributed by atoms with Gasteiger partial charge in [-0.15, -0.1) is 0 Å². The number of carboxylic acid groups (broad SMARTS) is 1. The topological polar surface area (TPSA) is 37.3 Å². The number of allylic oxidation sites excluding steroid dienone is 8. The number of unbranched alkanes of at least 4 members (excludes halogenated alkanes) is 4. The maximum Gasteiger partial charge on any atom is 0.303 e. The van der Waals surface area contributed by atoms with Crippen molar-refractivity contribution in [2.75, 3.05) is 0 Å². The molecule has 0 spiro atoms. The molecule has 0 saturated carbocycles. The van der Waals surface area contributed by atoms with Crippen LogP contribution in [0.1, 0.15) is 71.6 Å². The lowest BCUT2D eigenvalue weighted by molar-refractivity contribution is -0.137.